The standard InChI is InChI=1S/C8H18N2.2CH3.Y/c1-7(2)5-9-6-10-8(3)4;;;/h7-8H,5-6H2,1-4H3;2*1H3;/q-2;2*-1;. The summed E-state index contributed by atoms with van der Waals surface area (Å²) in [5.74, 6) is 0.669. The van der Waals surface area contributed by atoms with E-state index < -0.39 is 0 Å². The minimum absolute atomic E-state index is 0. The van der Waals surface area contributed by atoms with E-state index in [0.717, 1.165) is 6.54 Å². The fourth-order valence-corrected chi connectivity index (χ4v) is 0.537. The molecular formula is C10H24N2Y-4. The molecule has 0 aromatic heterocycles. The van der Waals surface area contributed by atoms with E-state index in [1.54, 1.807) is 0 Å². The van der Waals surface area contributed by atoms with Gasteiger partial charge < -0.3 is 25.5 Å². The zero-order valence-corrected chi connectivity index (χ0v) is 12.9. The van der Waals surface area contributed by atoms with Gasteiger partial charge in [-0.25, -0.2) is 0 Å². The molecule has 0 aliphatic carbocycles. The summed E-state index contributed by atoms with van der Waals surface area (Å²) in [6.07, 6.45) is 0. The average molecular weight is 261 g/mol. The Morgan fingerprint density at radius 3 is 1.77 bits per heavy atom. The fraction of sp³-hybridized carbons (Fsp3) is 0.800. The van der Waals surface area contributed by atoms with Crippen LogP contribution in [0.5, 0.6) is 0 Å². The molecule has 0 N–H and O–H groups in total. The molecule has 0 aromatic rings. The van der Waals surface area contributed by atoms with E-state index in [-0.39, 0.29) is 47.6 Å². The molecule has 0 aromatic carbocycles. The largest absolute Gasteiger partial charge is 0.680 e. The van der Waals surface area contributed by atoms with E-state index >= 15 is 0 Å². The van der Waals surface area contributed by atoms with Gasteiger partial charge >= 0.3 is 0 Å². The number of hydrogen-bond donors (Lipinski definition) is 0. The van der Waals surface area contributed by atoms with E-state index in [0.29, 0.717) is 18.6 Å². The summed E-state index contributed by atoms with van der Waals surface area (Å²) in [7, 11) is 0. The number of nitrogens with zero attached hydrogens (tertiary/aromatic N) is 2. The zero-order chi connectivity index (χ0) is 7.98. The van der Waals surface area contributed by atoms with Gasteiger partial charge in [-0.3, -0.25) is 6.67 Å². The number of rotatable bonds is 5. The quantitative estimate of drug-likeness (QED) is 0.534. The van der Waals surface area contributed by atoms with Gasteiger partial charge in [0.25, 0.3) is 0 Å². The van der Waals surface area contributed by atoms with Crippen molar-refractivity contribution < 1.29 is 32.7 Å². The molecule has 0 bridgehead atoms. The van der Waals surface area contributed by atoms with Crippen LogP contribution in [-0.2, 0) is 32.7 Å². The topological polar surface area (TPSA) is 28.2 Å². The van der Waals surface area contributed by atoms with Gasteiger partial charge in [0.15, 0.2) is 0 Å². The summed E-state index contributed by atoms with van der Waals surface area (Å²) < 4.78 is 0. The fourth-order valence-electron chi connectivity index (χ4n) is 0.537. The van der Waals surface area contributed by atoms with Crippen LogP contribution in [0.2, 0.25) is 0 Å². The Labute approximate surface area is 111 Å². The van der Waals surface area contributed by atoms with Gasteiger partial charge in [0.05, 0.1) is 0 Å². The zero-order valence-electron chi connectivity index (χ0n) is 10.0. The van der Waals surface area contributed by atoms with Crippen LogP contribution in [0.15, 0.2) is 0 Å². The molecule has 3 heteroatoms. The number of hydrogen-bond acceptors (Lipinski definition) is 0. The maximum Gasteiger partial charge on any atom is 0 e. The molecule has 0 spiro atoms. The van der Waals surface area contributed by atoms with Crippen molar-refractivity contribution >= 4 is 0 Å². The van der Waals surface area contributed by atoms with Gasteiger partial charge in [0, 0.05) is 32.7 Å². The van der Waals surface area contributed by atoms with Crippen molar-refractivity contribution in [1.82, 2.24) is 0 Å². The summed E-state index contributed by atoms with van der Waals surface area (Å²) >= 11 is 0. The Morgan fingerprint density at radius 2 is 1.46 bits per heavy atom. The van der Waals surface area contributed by atoms with Crippen molar-refractivity contribution in [3.05, 3.63) is 25.5 Å². The summed E-state index contributed by atoms with van der Waals surface area (Å²) in [6.45, 7) is 10.1. The van der Waals surface area contributed by atoms with Gasteiger partial charge in [-0.15, -0.1) is 12.6 Å². The molecule has 0 amide bonds. The molecule has 0 aliphatic heterocycles. The third-order valence-corrected chi connectivity index (χ3v) is 1.04. The van der Waals surface area contributed by atoms with E-state index in [9.17, 15) is 0 Å². The van der Waals surface area contributed by atoms with Gasteiger partial charge in [-0.1, -0.05) is 33.6 Å². The smallest absolute Gasteiger partial charge is 0 e. The Bertz CT molecular complexity index is 65.3. The van der Waals surface area contributed by atoms with Gasteiger partial charge in [-0.05, 0) is 0 Å². The summed E-state index contributed by atoms with van der Waals surface area (Å²) in [5.41, 5.74) is 0. The van der Waals surface area contributed by atoms with Crippen LogP contribution in [0, 0.1) is 20.8 Å². The molecule has 0 aliphatic rings. The third-order valence-electron chi connectivity index (χ3n) is 1.04. The average Bonchev–Trinajstić information content (AvgIpc) is 1.79. The Hall–Kier alpha value is 1.02. The minimum atomic E-state index is 0. The maximum atomic E-state index is 4.24. The molecule has 13 heavy (non-hydrogen) atoms. The monoisotopic (exact) mass is 261 g/mol. The Morgan fingerprint density at radius 1 is 1.00 bits per heavy atom. The second kappa shape index (κ2) is 15.5. The van der Waals surface area contributed by atoms with Crippen molar-refractivity contribution in [2.45, 2.75) is 33.7 Å². The van der Waals surface area contributed by atoms with Crippen LogP contribution in [0.1, 0.15) is 27.7 Å². The molecule has 0 saturated carbocycles. The minimum Gasteiger partial charge on any atom is -0.680 e. The van der Waals surface area contributed by atoms with Gasteiger partial charge in [0.1, 0.15) is 0 Å². The van der Waals surface area contributed by atoms with E-state index in [4.69, 9.17) is 0 Å². The normalized spacial score (nSPS) is 8.77. The molecule has 1 radical (unpaired) electrons. The molecular weight excluding hydrogens is 237 g/mol. The van der Waals surface area contributed by atoms with Crippen molar-refractivity contribution in [3.63, 3.8) is 0 Å². The predicted octanol–water partition coefficient (Wildman–Crippen LogP) is 3.65. The van der Waals surface area contributed by atoms with Crippen LogP contribution < -0.4 is 0 Å². The van der Waals surface area contributed by atoms with E-state index in [2.05, 4.69) is 38.3 Å². The SMILES string of the molecule is CC(C)C[N-]C[N-]C(C)C.[CH3-].[CH3-].[Y]. The van der Waals surface area contributed by atoms with Crippen LogP contribution in [0.4, 0.5) is 0 Å². The van der Waals surface area contributed by atoms with Crippen molar-refractivity contribution in [1.29, 1.82) is 0 Å². The maximum absolute atomic E-state index is 4.24. The summed E-state index contributed by atoms with van der Waals surface area (Å²) in [4.78, 5) is 0. The van der Waals surface area contributed by atoms with Crippen LogP contribution in [0.25, 0.3) is 10.6 Å². The van der Waals surface area contributed by atoms with Crippen LogP contribution in [-0.4, -0.2) is 19.3 Å². The molecule has 0 heterocycles. The van der Waals surface area contributed by atoms with Crippen molar-refractivity contribution in [3.8, 4) is 0 Å². The van der Waals surface area contributed by atoms with Crippen molar-refractivity contribution in [2.24, 2.45) is 5.92 Å². The Balaban J connectivity index is -0.000000135. The van der Waals surface area contributed by atoms with E-state index in [1.807, 2.05) is 0 Å². The van der Waals surface area contributed by atoms with E-state index in [1.165, 1.54) is 0 Å². The first kappa shape index (κ1) is 23.7. The van der Waals surface area contributed by atoms with Crippen LogP contribution >= 0.6 is 0 Å². The molecule has 2 nitrogen and oxygen atoms in total. The summed E-state index contributed by atoms with van der Waals surface area (Å²) in [6, 6.07) is 0.427. The van der Waals surface area contributed by atoms with Crippen molar-refractivity contribution in [2.75, 3.05) is 13.2 Å². The first-order valence-electron chi connectivity index (χ1n) is 3.92. The molecule has 0 fully saturated rings. The second-order valence-electron chi connectivity index (χ2n) is 3.22. The van der Waals surface area contributed by atoms with Crippen LogP contribution in [0.3, 0.4) is 0 Å². The third kappa shape index (κ3) is 24.6. The predicted molar refractivity (Wildman–Crippen MR) is 59.3 cm³/mol. The molecule has 0 rings (SSSR count). The summed E-state index contributed by atoms with van der Waals surface area (Å²) in [5, 5.41) is 8.47. The molecule has 81 valence electrons. The first-order chi connectivity index (χ1) is 4.63. The van der Waals surface area contributed by atoms with Gasteiger partial charge in [-0.2, -0.15) is 0 Å². The second-order valence-corrected chi connectivity index (χ2v) is 3.22. The molecule has 0 unspecified atom stereocenters. The molecule has 0 atom stereocenters. The Kier molecular flexibility index (Phi) is 28.2. The first-order valence-corrected chi connectivity index (χ1v) is 3.92. The van der Waals surface area contributed by atoms with Gasteiger partial charge in [0.2, 0.25) is 0 Å². The molecule has 0 saturated heterocycles.